The van der Waals surface area contributed by atoms with Crippen LogP contribution in [0.15, 0.2) is 29.2 Å². The van der Waals surface area contributed by atoms with Crippen LogP contribution >= 0.6 is 0 Å². The van der Waals surface area contributed by atoms with Crippen LogP contribution in [0, 0.1) is 12.8 Å². The van der Waals surface area contributed by atoms with Crippen LogP contribution in [0.25, 0.3) is 22.2 Å². The van der Waals surface area contributed by atoms with E-state index in [1.165, 1.54) is 19.1 Å². The van der Waals surface area contributed by atoms with E-state index in [0.29, 0.717) is 11.5 Å². The summed E-state index contributed by atoms with van der Waals surface area (Å²) in [4.78, 5) is 16.9. The summed E-state index contributed by atoms with van der Waals surface area (Å²) in [5.41, 5.74) is 4.92. The molecule has 7 heteroatoms. The maximum absolute atomic E-state index is 12.1. The van der Waals surface area contributed by atoms with Crippen molar-refractivity contribution in [1.29, 1.82) is 0 Å². The van der Waals surface area contributed by atoms with Crippen LogP contribution in [-0.4, -0.2) is 28.8 Å². The fraction of sp³-hybridized carbons (Fsp3) is 0.455. The van der Waals surface area contributed by atoms with Gasteiger partial charge in [-0.25, -0.2) is 13.4 Å². The first-order chi connectivity index (χ1) is 13.7. The molecule has 3 aromatic rings. The molecule has 0 spiro atoms. The van der Waals surface area contributed by atoms with Crippen molar-refractivity contribution >= 4 is 20.9 Å². The largest absolute Gasteiger partial charge is 0.328 e. The van der Waals surface area contributed by atoms with E-state index >= 15 is 0 Å². The number of hydrogen-bond acceptors (Lipinski definition) is 4. The molecule has 0 aliphatic heterocycles. The molecule has 0 radical (unpaired) electrons. The van der Waals surface area contributed by atoms with Crippen LogP contribution in [-0.2, 0) is 35.6 Å². The molecule has 1 aliphatic rings. The topological polar surface area (TPSA) is 74.0 Å². The number of fused-ring (bicyclic) bond motifs is 1. The van der Waals surface area contributed by atoms with Gasteiger partial charge in [0, 0.05) is 38.0 Å². The summed E-state index contributed by atoms with van der Waals surface area (Å²) < 4.78 is 28.1. The predicted octanol–water partition coefficient (Wildman–Crippen LogP) is 3.23. The van der Waals surface area contributed by atoms with Gasteiger partial charge in [-0.15, -0.1) is 0 Å². The minimum atomic E-state index is -3.22. The lowest BCUT2D eigenvalue weighted by molar-refractivity contribution is 0.601. The van der Waals surface area contributed by atoms with Gasteiger partial charge >= 0.3 is 0 Å². The van der Waals surface area contributed by atoms with Crippen molar-refractivity contribution in [2.75, 3.05) is 6.26 Å². The van der Waals surface area contributed by atoms with Crippen molar-refractivity contribution in [2.45, 2.75) is 45.4 Å². The Balaban J connectivity index is 1.98. The lowest BCUT2D eigenvalue weighted by atomic mass is 10.0. The Bertz CT molecular complexity index is 1240. The number of pyridine rings is 1. The first-order valence-corrected chi connectivity index (χ1v) is 12.1. The molecular weight excluding hydrogens is 386 g/mol. The Labute approximate surface area is 171 Å². The van der Waals surface area contributed by atoms with E-state index in [0.717, 1.165) is 46.5 Å². The maximum atomic E-state index is 12.1. The second-order valence-electron chi connectivity index (χ2n) is 8.34. The Morgan fingerprint density at radius 2 is 1.90 bits per heavy atom. The summed E-state index contributed by atoms with van der Waals surface area (Å²) in [6.45, 7) is 4.81. The molecule has 6 nitrogen and oxygen atoms in total. The van der Waals surface area contributed by atoms with Crippen molar-refractivity contribution < 1.29 is 8.42 Å². The Hall–Kier alpha value is -2.41. The van der Waals surface area contributed by atoms with Gasteiger partial charge in [0.05, 0.1) is 16.8 Å². The standard InChI is InChI=1S/C22H27N3O3S/c1-5-20-23-21-18(13-29(4,27)28)9-16(10-19(21)25(20)11-15-6-7-15)17-8-14(2)22(26)24(3)12-17/h8-10,12,15H,5-7,11,13H2,1-4H3. The van der Waals surface area contributed by atoms with Crippen LogP contribution in [0.5, 0.6) is 0 Å². The third-order valence-corrected chi connectivity index (χ3v) is 6.41. The SMILES string of the molecule is CCc1nc2c(CS(C)(=O)=O)cc(-c3cc(C)c(=O)n(C)c3)cc2n1CC1CC1. The van der Waals surface area contributed by atoms with Gasteiger partial charge < -0.3 is 9.13 Å². The van der Waals surface area contributed by atoms with Crippen LogP contribution in [0.3, 0.4) is 0 Å². The predicted molar refractivity (Wildman–Crippen MR) is 116 cm³/mol. The van der Waals surface area contributed by atoms with E-state index in [1.54, 1.807) is 18.5 Å². The molecule has 0 atom stereocenters. The average molecular weight is 414 g/mol. The van der Waals surface area contributed by atoms with Crippen LogP contribution in [0.4, 0.5) is 0 Å². The normalized spacial score (nSPS) is 14.6. The molecule has 1 aliphatic carbocycles. The molecule has 2 heterocycles. The number of benzene rings is 1. The Morgan fingerprint density at radius 1 is 1.17 bits per heavy atom. The smallest absolute Gasteiger partial charge is 0.253 e. The summed E-state index contributed by atoms with van der Waals surface area (Å²) in [5, 5.41) is 0. The van der Waals surface area contributed by atoms with Gasteiger partial charge in [0.1, 0.15) is 5.82 Å². The van der Waals surface area contributed by atoms with Gasteiger partial charge in [-0.3, -0.25) is 4.79 Å². The molecule has 0 bridgehead atoms. The second kappa shape index (κ2) is 7.13. The van der Waals surface area contributed by atoms with Crippen molar-refractivity contribution in [3.8, 4) is 11.1 Å². The van der Waals surface area contributed by atoms with Gasteiger partial charge in [-0.2, -0.15) is 0 Å². The van der Waals surface area contributed by atoms with E-state index in [1.807, 2.05) is 18.3 Å². The number of sulfone groups is 1. The van der Waals surface area contributed by atoms with Gasteiger partial charge in [0.15, 0.2) is 9.84 Å². The molecule has 0 N–H and O–H groups in total. The zero-order valence-electron chi connectivity index (χ0n) is 17.4. The molecule has 154 valence electrons. The summed E-state index contributed by atoms with van der Waals surface area (Å²) in [6.07, 6.45) is 6.33. The Morgan fingerprint density at radius 3 is 2.48 bits per heavy atom. The van der Waals surface area contributed by atoms with E-state index in [9.17, 15) is 13.2 Å². The number of nitrogens with zero attached hydrogens (tertiary/aromatic N) is 3. The lowest BCUT2D eigenvalue weighted by Gasteiger charge is -2.12. The number of hydrogen-bond donors (Lipinski definition) is 0. The molecule has 4 rings (SSSR count). The highest BCUT2D eigenvalue weighted by atomic mass is 32.2. The molecule has 1 aromatic carbocycles. The molecule has 1 saturated carbocycles. The molecule has 0 amide bonds. The molecule has 1 fully saturated rings. The summed E-state index contributed by atoms with van der Waals surface area (Å²) >= 11 is 0. The van der Waals surface area contributed by atoms with E-state index < -0.39 is 9.84 Å². The lowest BCUT2D eigenvalue weighted by Crippen LogP contribution is -2.18. The molecule has 29 heavy (non-hydrogen) atoms. The van der Waals surface area contributed by atoms with Crippen LogP contribution in [0.2, 0.25) is 0 Å². The zero-order chi connectivity index (χ0) is 20.9. The highest BCUT2D eigenvalue weighted by Gasteiger charge is 2.25. The van der Waals surface area contributed by atoms with Crippen LogP contribution in [0.1, 0.15) is 36.7 Å². The Kier molecular flexibility index (Phi) is 4.89. The van der Waals surface area contributed by atoms with Crippen molar-refractivity contribution in [3.05, 3.63) is 51.7 Å². The van der Waals surface area contributed by atoms with Gasteiger partial charge in [-0.1, -0.05) is 6.92 Å². The van der Waals surface area contributed by atoms with Crippen molar-refractivity contribution in [3.63, 3.8) is 0 Å². The minimum Gasteiger partial charge on any atom is -0.328 e. The van der Waals surface area contributed by atoms with E-state index in [2.05, 4.69) is 17.6 Å². The minimum absolute atomic E-state index is 0.0294. The maximum Gasteiger partial charge on any atom is 0.253 e. The van der Waals surface area contributed by atoms with Crippen molar-refractivity contribution in [1.82, 2.24) is 14.1 Å². The highest BCUT2D eigenvalue weighted by Crippen LogP contribution is 2.35. The summed E-state index contributed by atoms with van der Waals surface area (Å²) in [6, 6.07) is 5.88. The number of aryl methyl sites for hydroxylation is 3. The third kappa shape index (κ3) is 4.01. The van der Waals surface area contributed by atoms with Crippen LogP contribution < -0.4 is 5.56 Å². The highest BCUT2D eigenvalue weighted by molar-refractivity contribution is 7.89. The number of imidazole rings is 1. The van der Waals surface area contributed by atoms with E-state index in [4.69, 9.17) is 4.98 Å². The first-order valence-electron chi connectivity index (χ1n) is 10.0. The van der Waals surface area contributed by atoms with Gasteiger partial charge in [0.2, 0.25) is 0 Å². The molecular formula is C22H27N3O3S. The molecule has 2 aromatic heterocycles. The quantitative estimate of drug-likeness (QED) is 0.622. The first kappa shape index (κ1) is 19.9. The second-order valence-corrected chi connectivity index (χ2v) is 10.5. The number of aromatic nitrogens is 3. The zero-order valence-corrected chi connectivity index (χ0v) is 18.2. The fourth-order valence-corrected chi connectivity index (χ4v) is 4.75. The number of rotatable bonds is 6. The van der Waals surface area contributed by atoms with Gasteiger partial charge in [-0.05, 0) is 60.6 Å². The summed E-state index contributed by atoms with van der Waals surface area (Å²) in [7, 11) is -1.48. The van der Waals surface area contributed by atoms with Gasteiger partial charge in [0.25, 0.3) is 5.56 Å². The summed E-state index contributed by atoms with van der Waals surface area (Å²) in [5.74, 6) is 1.63. The monoisotopic (exact) mass is 413 g/mol. The van der Waals surface area contributed by atoms with Crippen molar-refractivity contribution in [2.24, 2.45) is 13.0 Å². The third-order valence-electron chi connectivity index (χ3n) is 5.58. The van der Waals surface area contributed by atoms with E-state index in [-0.39, 0.29) is 11.3 Å². The molecule has 0 saturated heterocycles. The fourth-order valence-electron chi connectivity index (χ4n) is 3.97. The average Bonchev–Trinajstić information content (AvgIpc) is 3.38. The molecule has 0 unspecified atom stereocenters.